The van der Waals surface area contributed by atoms with Gasteiger partial charge in [0, 0.05) is 13.2 Å². The summed E-state index contributed by atoms with van der Waals surface area (Å²) in [5.41, 5.74) is 5.41. The lowest BCUT2D eigenvalue weighted by molar-refractivity contribution is 0.254. The van der Waals surface area contributed by atoms with E-state index in [4.69, 9.17) is 10.8 Å². The highest BCUT2D eigenvalue weighted by molar-refractivity contribution is 9.10. The maximum Gasteiger partial charge on any atom is 0.242 e. The molecule has 20 heavy (non-hydrogen) atoms. The minimum atomic E-state index is -3.81. The first-order valence-electron chi connectivity index (χ1n) is 6.16. The standard InChI is InChI=1S/C12H18BrFN2O3S/c1-2-8(3-4-17)7-16-20(18,19)12-5-9(13)10(14)6-11(12)15/h5-6,8,16-17H,2-4,7,15H2,1H3. The van der Waals surface area contributed by atoms with Crippen molar-refractivity contribution in [2.45, 2.75) is 24.7 Å². The number of nitrogens with one attached hydrogen (secondary N) is 1. The molecule has 4 N–H and O–H groups in total. The van der Waals surface area contributed by atoms with Crippen LogP contribution in [0.4, 0.5) is 10.1 Å². The average Bonchev–Trinajstić information content (AvgIpc) is 2.38. The van der Waals surface area contributed by atoms with E-state index in [1.807, 2.05) is 6.92 Å². The Kier molecular flexibility index (Phi) is 6.38. The van der Waals surface area contributed by atoms with Gasteiger partial charge in [-0.3, -0.25) is 0 Å². The molecule has 0 radical (unpaired) electrons. The van der Waals surface area contributed by atoms with E-state index in [0.717, 1.165) is 18.6 Å². The summed E-state index contributed by atoms with van der Waals surface area (Å²) < 4.78 is 40.0. The van der Waals surface area contributed by atoms with Crippen molar-refractivity contribution in [2.75, 3.05) is 18.9 Å². The molecule has 0 amide bonds. The van der Waals surface area contributed by atoms with Crippen molar-refractivity contribution >= 4 is 31.6 Å². The van der Waals surface area contributed by atoms with E-state index in [2.05, 4.69) is 20.7 Å². The van der Waals surface area contributed by atoms with Crippen LogP contribution in [-0.4, -0.2) is 26.7 Å². The Morgan fingerprint density at radius 2 is 2.15 bits per heavy atom. The number of aliphatic hydroxyl groups is 1. The third kappa shape index (κ3) is 4.41. The monoisotopic (exact) mass is 368 g/mol. The fraction of sp³-hybridized carbons (Fsp3) is 0.500. The van der Waals surface area contributed by atoms with E-state index in [0.29, 0.717) is 6.42 Å². The molecule has 0 saturated heterocycles. The van der Waals surface area contributed by atoms with Crippen molar-refractivity contribution in [3.8, 4) is 0 Å². The molecule has 1 unspecified atom stereocenters. The third-order valence-electron chi connectivity index (χ3n) is 3.02. The van der Waals surface area contributed by atoms with Gasteiger partial charge in [-0.1, -0.05) is 13.3 Å². The molecular weight excluding hydrogens is 351 g/mol. The molecule has 0 fully saturated rings. The van der Waals surface area contributed by atoms with E-state index in [1.165, 1.54) is 0 Å². The number of benzene rings is 1. The number of halogens is 2. The smallest absolute Gasteiger partial charge is 0.242 e. The van der Waals surface area contributed by atoms with Crippen LogP contribution in [0.15, 0.2) is 21.5 Å². The number of hydrogen-bond acceptors (Lipinski definition) is 4. The van der Waals surface area contributed by atoms with Gasteiger partial charge in [0.1, 0.15) is 10.7 Å². The summed E-state index contributed by atoms with van der Waals surface area (Å²) in [5.74, 6) is -0.576. The van der Waals surface area contributed by atoms with Crippen molar-refractivity contribution < 1.29 is 17.9 Å². The highest BCUT2D eigenvalue weighted by Gasteiger charge is 2.20. The summed E-state index contributed by atoms with van der Waals surface area (Å²) >= 11 is 2.94. The van der Waals surface area contributed by atoms with Gasteiger partial charge in [-0.2, -0.15) is 0 Å². The maximum atomic E-state index is 13.2. The molecule has 1 atom stereocenters. The zero-order chi connectivity index (χ0) is 15.3. The van der Waals surface area contributed by atoms with Gasteiger partial charge in [0.2, 0.25) is 10.0 Å². The predicted molar refractivity (Wildman–Crippen MR) is 79.2 cm³/mol. The van der Waals surface area contributed by atoms with Gasteiger partial charge in [0.05, 0.1) is 10.2 Å². The zero-order valence-electron chi connectivity index (χ0n) is 11.1. The average molecular weight is 369 g/mol. The normalized spacial score (nSPS) is 13.4. The summed E-state index contributed by atoms with van der Waals surface area (Å²) in [6.07, 6.45) is 1.26. The number of nitrogens with two attached hydrogens (primary N) is 1. The summed E-state index contributed by atoms with van der Waals surface area (Å²) in [5, 5.41) is 8.88. The van der Waals surface area contributed by atoms with Gasteiger partial charge in [-0.05, 0) is 40.4 Å². The fourth-order valence-corrected chi connectivity index (χ4v) is 3.46. The Morgan fingerprint density at radius 1 is 1.50 bits per heavy atom. The first kappa shape index (κ1) is 17.4. The first-order valence-corrected chi connectivity index (χ1v) is 8.44. The Morgan fingerprint density at radius 3 is 2.70 bits per heavy atom. The van der Waals surface area contributed by atoms with E-state index in [1.54, 1.807) is 0 Å². The van der Waals surface area contributed by atoms with Crippen LogP contribution in [0.3, 0.4) is 0 Å². The van der Waals surface area contributed by atoms with Crippen molar-refractivity contribution in [3.05, 3.63) is 22.4 Å². The second-order valence-electron chi connectivity index (χ2n) is 4.44. The van der Waals surface area contributed by atoms with Gasteiger partial charge in [0.15, 0.2) is 0 Å². The topological polar surface area (TPSA) is 92.4 Å². The van der Waals surface area contributed by atoms with E-state index >= 15 is 0 Å². The minimum absolute atomic E-state index is 0.00443. The predicted octanol–water partition coefficient (Wildman–Crippen LogP) is 1.86. The highest BCUT2D eigenvalue weighted by atomic mass is 79.9. The molecule has 0 aliphatic rings. The molecular formula is C12H18BrFN2O3S. The van der Waals surface area contributed by atoms with Gasteiger partial charge in [-0.25, -0.2) is 17.5 Å². The van der Waals surface area contributed by atoms with Crippen LogP contribution in [0.2, 0.25) is 0 Å². The fourth-order valence-electron chi connectivity index (χ4n) is 1.72. The lowest BCUT2D eigenvalue weighted by Gasteiger charge is -2.15. The molecule has 8 heteroatoms. The van der Waals surface area contributed by atoms with Gasteiger partial charge >= 0.3 is 0 Å². The van der Waals surface area contributed by atoms with Crippen molar-refractivity contribution in [3.63, 3.8) is 0 Å². The highest BCUT2D eigenvalue weighted by Crippen LogP contribution is 2.26. The van der Waals surface area contributed by atoms with Crippen LogP contribution >= 0.6 is 15.9 Å². The van der Waals surface area contributed by atoms with Crippen molar-refractivity contribution in [2.24, 2.45) is 5.92 Å². The largest absolute Gasteiger partial charge is 0.398 e. The number of anilines is 1. The van der Waals surface area contributed by atoms with Crippen LogP contribution in [-0.2, 0) is 10.0 Å². The zero-order valence-corrected chi connectivity index (χ0v) is 13.5. The Bertz CT molecular complexity index is 566. The SMILES string of the molecule is CCC(CCO)CNS(=O)(=O)c1cc(Br)c(F)cc1N. The molecule has 0 saturated carbocycles. The van der Waals surface area contributed by atoms with Crippen molar-refractivity contribution in [1.29, 1.82) is 0 Å². The molecule has 1 rings (SSSR count). The number of aliphatic hydroxyl groups excluding tert-OH is 1. The second kappa shape index (κ2) is 7.35. The summed E-state index contributed by atoms with van der Waals surface area (Å²) in [4.78, 5) is -0.162. The van der Waals surface area contributed by atoms with Crippen LogP contribution in [0, 0.1) is 11.7 Å². The van der Waals surface area contributed by atoms with E-state index in [9.17, 15) is 12.8 Å². The molecule has 1 aromatic rings. The molecule has 0 heterocycles. The maximum absolute atomic E-state index is 13.2. The molecule has 0 aliphatic heterocycles. The molecule has 114 valence electrons. The minimum Gasteiger partial charge on any atom is -0.398 e. The Labute approximate surface area is 126 Å². The molecule has 5 nitrogen and oxygen atoms in total. The van der Waals surface area contributed by atoms with Crippen LogP contribution in [0.5, 0.6) is 0 Å². The second-order valence-corrected chi connectivity index (χ2v) is 7.03. The number of hydrogen-bond donors (Lipinski definition) is 3. The van der Waals surface area contributed by atoms with Gasteiger partial charge in [-0.15, -0.1) is 0 Å². The van der Waals surface area contributed by atoms with Gasteiger partial charge in [0.25, 0.3) is 0 Å². The first-order chi connectivity index (χ1) is 9.31. The summed E-state index contributed by atoms with van der Waals surface area (Å²) in [7, 11) is -3.81. The molecule has 0 aliphatic carbocycles. The third-order valence-corrected chi connectivity index (χ3v) is 5.11. The molecule has 0 spiro atoms. The lowest BCUT2D eigenvalue weighted by Crippen LogP contribution is -2.30. The molecule has 1 aromatic carbocycles. The number of sulfonamides is 1. The number of nitrogen functional groups attached to an aromatic ring is 1. The molecule has 0 bridgehead atoms. The Balaban J connectivity index is 2.92. The molecule has 0 aromatic heterocycles. The summed E-state index contributed by atoms with van der Waals surface area (Å²) in [6, 6.07) is 2.10. The van der Waals surface area contributed by atoms with Crippen molar-refractivity contribution in [1.82, 2.24) is 4.72 Å². The van der Waals surface area contributed by atoms with Gasteiger partial charge < -0.3 is 10.8 Å². The van der Waals surface area contributed by atoms with Crippen LogP contribution < -0.4 is 10.5 Å². The lowest BCUT2D eigenvalue weighted by atomic mass is 10.0. The quantitative estimate of drug-likeness (QED) is 0.640. The van der Waals surface area contributed by atoms with E-state index in [-0.39, 0.29) is 34.1 Å². The summed E-state index contributed by atoms with van der Waals surface area (Å²) in [6.45, 7) is 2.12. The van der Waals surface area contributed by atoms with Crippen LogP contribution in [0.1, 0.15) is 19.8 Å². The number of rotatable bonds is 7. The Hall–Kier alpha value is -0.700. The van der Waals surface area contributed by atoms with E-state index < -0.39 is 15.8 Å². The van der Waals surface area contributed by atoms with Crippen LogP contribution in [0.25, 0.3) is 0 Å².